The largest absolute Gasteiger partial charge is 0.314 e. The van der Waals surface area contributed by atoms with Crippen LogP contribution in [-0.4, -0.2) is 36.6 Å². The Hall–Kier alpha value is -0.0800. The molecule has 2 rings (SSSR count). The van der Waals surface area contributed by atoms with Gasteiger partial charge < -0.3 is 10.2 Å². The minimum atomic E-state index is 0.779. The highest BCUT2D eigenvalue weighted by molar-refractivity contribution is 4.81. The molecular formula is C15H30N2. The Morgan fingerprint density at radius 3 is 2.53 bits per heavy atom. The summed E-state index contributed by atoms with van der Waals surface area (Å²) < 4.78 is 0. The molecule has 0 spiro atoms. The highest BCUT2D eigenvalue weighted by Crippen LogP contribution is 2.28. The topological polar surface area (TPSA) is 15.3 Å². The Morgan fingerprint density at radius 1 is 1.24 bits per heavy atom. The molecule has 0 saturated heterocycles. The second-order valence-corrected chi connectivity index (χ2v) is 6.10. The van der Waals surface area contributed by atoms with E-state index in [4.69, 9.17) is 0 Å². The van der Waals surface area contributed by atoms with Gasteiger partial charge in [0.25, 0.3) is 0 Å². The van der Waals surface area contributed by atoms with Crippen molar-refractivity contribution in [2.24, 2.45) is 5.92 Å². The first-order valence-corrected chi connectivity index (χ1v) is 7.77. The smallest absolute Gasteiger partial charge is 0.00682 e. The molecule has 0 bridgehead atoms. The predicted octanol–water partition coefficient (Wildman–Crippen LogP) is 3.03. The van der Waals surface area contributed by atoms with E-state index >= 15 is 0 Å². The third-order valence-corrected chi connectivity index (χ3v) is 4.56. The number of nitrogens with zero attached hydrogens (tertiary/aromatic N) is 1. The predicted molar refractivity (Wildman–Crippen MR) is 74.3 cm³/mol. The summed E-state index contributed by atoms with van der Waals surface area (Å²) in [5.41, 5.74) is 0. The van der Waals surface area contributed by atoms with Crippen LogP contribution in [0.2, 0.25) is 0 Å². The van der Waals surface area contributed by atoms with Crippen LogP contribution in [-0.2, 0) is 0 Å². The Labute approximate surface area is 107 Å². The van der Waals surface area contributed by atoms with E-state index in [1.807, 2.05) is 0 Å². The number of hydrogen-bond acceptors (Lipinski definition) is 2. The van der Waals surface area contributed by atoms with Gasteiger partial charge in [0.05, 0.1) is 0 Å². The molecule has 2 nitrogen and oxygen atoms in total. The van der Waals surface area contributed by atoms with Crippen molar-refractivity contribution < 1.29 is 0 Å². The summed E-state index contributed by atoms with van der Waals surface area (Å²) in [6, 6.07) is 1.66. The van der Waals surface area contributed by atoms with Crippen LogP contribution in [0.25, 0.3) is 0 Å². The van der Waals surface area contributed by atoms with E-state index in [2.05, 4.69) is 24.1 Å². The normalized spacial score (nSPS) is 22.8. The van der Waals surface area contributed by atoms with Gasteiger partial charge in [-0.3, -0.25) is 0 Å². The summed E-state index contributed by atoms with van der Waals surface area (Å²) in [6.07, 6.45) is 9.97. The zero-order chi connectivity index (χ0) is 12.1. The average Bonchev–Trinajstić information content (AvgIpc) is 3.07. The van der Waals surface area contributed by atoms with Crippen LogP contribution in [0.1, 0.15) is 58.8 Å². The Morgan fingerprint density at radius 2 is 2.00 bits per heavy atom. The molecule has 0 aliphatic heterocycles. The SMILES string of the molecule is CCN(CC1CCC1)C(C)CCCNC1CC1. The monoisotopic (exact) mass is 238 g/mol. The van der Waals surface area contributed by atoms with E-state index in [-0.39, 0.29) is 0 Å². The summed E-state index contributed by atoms with van der Waals surface area (Å²) in [4.78, 5) is 2.70. The maximum atomic E-state index is 3.61. The molecule has 0 aromatic rings. The second kappa shape index (κ2) is 6.75. The lowest BCUT2D eigenvalue weighted by Gasteiger charge is -2.35. The third kappa shape index (κ3) is 4.59. The summed E-state index contributed by atoms with van der Waals surface area (Å²) >= 11 is 0. The molecule has 1 atom stereocenters. The quantitative estimate of drug-likeness (QED) is 0.621. The van der Waals surface area contributed by atoms with Crippen molar-refractivity contribution in [2.75, 3.05) is 19.6 Å². The molecule has 1 N–H and O–H groups in total. The fourth-order valence-corrected chi connectivity index (χ4v) is 2.80. The molecule has 17 heavy (non-hydrogen) atoms. The van der Waals surface area contributed by atoms with Crippen molar-refractivity contribution in [2.45, 2.75) is 70.9 Å². The molecule has 2 aliphatic rings. The maximum Gasteiger partial charge on any atom is 0.00682 e. The molecule has 0 radical (unpaired) electrons. The number of hydrogen-bond donors (Lipinski definition) is 1. The minimum Gasteiger partial charge on any atom is -0.314 e. The van der Waals surface area contributed by atoms with Gasteiger partial charge in [-0.25, -0.2) is 0 Å². The van der Waals surface area contributed by atoms with Crippen LogP contribution in [0.3, 0.4) is 0 Å². The summed E-state index contributed by atoms with van der Waals surface area (Å²) in [5.74, 6) is 1.02. The number of nitrogens with one attached hydrogen (secondary N) is 1. The Balaban J connectivity index is 1.55. The van der Waals surface area contributed by atoms with Crippen LogP contribution in [0.5, 0.6) is 0 Å². The lowest BCUT2D eigenvalue weighted by molar-refractivity contribution is 0.139. The van der Waals surface area contributed by atoms with Gasteiger partial charge in [0, 0.05) is 18.6 Å². The maximum absolute atomic E-state index is 3.61. The number of rotatable bonds is 9. The lowest BCUT2D eigenvalue weighted by Crippen LogP contribution is -2.39. The summed E-state index contributed by atoms with van der Waals surface area (Å²) in [7, 11) is 0. The van der Waals surface area contributed by atoms with E-state index in [0.717, 1.165) is 18.0 Å². The zero-order valence-electron chi connectivity index (χ0n) is 11.8. The minimum absolute atomic E-state index is 0.779. The molecule has 0 aromatic carbocycles. The molecular weight excluding hydrogens is 208 g/mol. The van der Waals surface area contributed by atoms with E-state index in [9.17, 15) is 0 Å². The first kappa shape index (κ1) is 13.4. The van der Waals surface area contributed by atoms with Crippen molar-refractivity contribution >= 4 is 0 Å². The van der Waals surface area contributed by atoms with Gasteiger partial charge in [-0.15, -0.1) is 0 Å². The standard InChI is InChI=1S/C15H30N2/c1-3-17(12-14-7-4-8-14)13(2)6-5-11-16-15-9-10-15/h13-16H,3-12H2,1-2H3. The van der Waals surface area contributed by atoms with Gasteiger partial charge in [-0.1, -0.05) is 13.3 Å². The van der Waals surface area contributed by atoms with Crippen molar-refractivity contribution in [3.8, 4) is 0 Å². The highest BCUT2D eigenvalue weighted by Gasteiger charge is 2.23. The van der Waals surface area contributed by atoms with Crippen molar-refractivity contribution in [3.05, 3.63) is 0 Å². The van der Waals surface area contributed by atoms with Gasteiger partial charge in [-0.2, -0.15) is 0 Å². The molecule has 0 aromatic heterocycles. The second-order valence-electron chi connectivity index (χ2n) is 6.10. The molecule has 2 saturated carbocycles. The van der Waals surface area contributed by atoms with Gasteiger partial charge in [0.15, 0.2) is 0 Å². The highest BCUT2D eigenvalue weighted by atomic mass is 15.1. The van der Waals surface area contributed by atoms with E-state index in [1.165, 1.54) is 64.6 Å². The van der Waals surface area contributed by atoms with Crippen LogP contribution >= 0.6 is 0 Å². The van der Waals surface area contributed by atoms with Crippen molar-refractivity contribution in [3.63, 3.8) is 0 Å². The summed E-state index contributed by atoms with van der Waals surface area (Å²) in [5, 5.41) is 3.61. The lowest BCUT2D eigenvalue weighted by atomic mass is 9.85. The van der Waals surface area contributed by atoms with Crippen LogP contribution in [0.4, 0.5) is 0 Å². The first-order chi connectivity index (χ1) is 8.29. The molecule has 2 aliphatic carbocycles. The van der Waals surface area contributed by atoms with Gasteiger partial charge >= 0.3 is 0 Å². The van der Waals surface area contributed by atoms with Gasteiger partial charge in [0.1, 0.15) is 0 Å². The first-order valence-electron chi connectivity index (χ1n) is 7.77. The fraction of sp³-hybridized carbons (Fsp3) is 1.00. The fourth-order valence-electron chi connectivity index (χ4n) is 2.80. The molecule has 0 heterocycles. The summed E-state index contributed by atoms with van der Waals surface area (Å²) in [6.45, 7) is 8.55. The van der Waals surface area contributed by atoms with E-state index in [1.54, 1.807) is 0 Å². The van der Waals surface area contributed by atoms with E-state index in [0.29, 0.717) is 0 Å². The molecule has 1 unspecified atom stereocenters. The molecule has 100 valence electrons. The average molecular weight is 238 g/mol. The Bertz CT molecular complexity index is 209. The van der Waals surface area contributed by atoms with Crippen LogP contribution in [0, 0.1) is 5.92 Å². The van der Waals surface area contributed by atoms with Gasteiger partial charge in [0.2, 0.25) is 0 Å². The molecule has 0 amide bonds. The molecule has 2 fully saturated rings. The van der Waals surface area contributed by atoms with Crippen molar-refractivity contribution in [1.29, 1.82) is 0 Å². The van der Waals surface area contributed by atoms with Gasteiger partial charge in [-0.05, 0) is 64.5 Å². The Kier molecular flexibility index (Phi) is 5.30. The molecule has 2 heteroatoms. The third-order valence-electron chi connectivity index (χ3n) is 4.56. The zero-order valence-corrected chi connectivity index (χ0v) is 11.8. The van der Waals surface area contributed by atoms with Crippen LogP contribution < -0.4 is 5.32 Å². The van der Waals surface area contributed by atoms with Crippen molar-refractivity contribution in [1.82, 2.24) is 10.2 Å². The van der Waals surface area contributed by atoms with E-state index < -0.39 is 0 Å². The van der Waals surface area contributed by atoms with Crippen LogP contribution in [0.15, 0.2) is 0 Å².